The van der Waals surface area contributed by atoms with E-state index in [9.17, 15) is 4.79 Å². The maximum absolute atomic E-state index is 11.9. The summed E-state index contributed by atoms with van der Waals surface area (Å²) < 4.78 is 5.14. The van der Waals surface area contributed by atoms with Crippen molar-refractivity contribution in [1.29, 1.82) is 0 Å². The minimum Gasteiger partial charge on any atom is -0.466 e. The molecule has 0 aromatic heterocycles. The topological polar surface area (TPSA) is 53.9 Å². The van der Waals surface area contributed by atoms with Crippen LogP contribution in [0, 0.1) is 5.92 Å². The highest BCUT2D eigenvalue weighted by atomic mass is 127. The molecule has 1 aliphatic heterocycles. The lowest BCUT2D eigenvalue weighted by Crippen LogP contribution is -2.46. The lowest BCUT2D eigenvalue weighted by Gasteiger charge is -2.33. The smallest absolute Gasteiger partial charge is 0.309 e. The summed E-state index contributed by atoms with van der Waals surface area (Å²) >= 11 is 0. The fraction of sp³-hybridized carbons (Fsp3) is 0.600. The molecule has 1 fully saturated rings. The summed E-state index contributed by atoms with van der Waals surface area (Å²) in [4.78, 5) is 18.9. The first-order valence-electron chi connectivity index (χ1n) is 9.48. The first-order chi connectivity index (χ1) is 12.2. The summed E-state index contributed by atoms with van der Waals surface area (Å²) in [6.07, 6.45) is 3.77. The van der Waals surface area contributed by atoms with Gasteiger partial charge in [0.25, 0.3) is 0 Å². The Kier molecular flexibility index (Phi) is 11.3. The molecule has 0 spiro atoms. The summed E-state index contributed by atoms with van der Waals surface area (Å²) in [6.45, 7) is 7.79. The minimum atomic E-state index is -0.0491. The predicted molar refractivity (Wildman–Crippen MR) is 117 cm³/mol. The van der Waals surface area contributed by atoms with Crippen LogP contribution >= 0.6 is 24.0 Å². The molecule has 0 atom stereocenters. The molecule has 1 N–H and O–H groups in total. The summed E-state index contributed by atoms with van der Waals surface area (Å²) in [5.74, 6) is 0.960. The zero-order valence-electron chi connectivity index (χ0n) is 15.9. The largest absolute Gasteiger partial charge is 0.466 e. The number of piperidine rings is 1. The van der Waals surface area contributed by atoms with Gasteiger partial charge in [-0.2, -0.15) is 0 Å². The molecule has 1 saturated heterocycles. The van der Waals surface area contributed by atoms with Crippen molar-refractivity contribution in [1.82, 2.24) is 10.2 Å². The second kappa shape index (κ2) is 12.9. The van der Waals surface area contributed by atoms with E-state index in [0.29, 0.717) is 6.61 Å². The van der Waals surface area contributed by atoms with E-state index in [2.05, 4.69) is 41.4 Å². The third-order valence-electron chi connectivity index (χ3n) is 4.48. The zero-order chi connectivity index (χ0) is 17.9. The molecule has 0 radical (unpaired) electrons. The van der Waals surface area contributed by atoms with E-state index in [1.54, 1.807) is 0 Å². The number of guanidine groups is 1. The molecule has 26 heavy (non-hydrogen) atoms. The van der Waals surface area contributed by atoms with Crippen LogP contribution in [-0.2, 0) is 16.0 Å². The second-order valence-corrected chi connectivity index (χ2v) is 6.34. The Hall–Kier alpha value is -1.31. The number of rotatable bonds is 7. The third kappa shape index (κ3) is 7.51. The van der Waals surface area contributed by atoms with Gasteiger partial charge in [0.05, 0.1) is 12.5 Å². The highest BCUT2D eigenvalue weighted by Gasteiger charge is 2.27. The number of nitrogens with zero attached hydrogens (tertiary/aromatic N) is 2. The zero-order valence-corrected chi connectivity index (χ0v) is 18.3. The van der Waals surface area contributed by atoms with Crippen LogP contribution in [0.5, 0.6) is 0 Å². The van der Waals surface area contributed by atoms with Gasteiger partial charge in [-0.05, 0) is 45.1 Å². The number of aryl methyl sites for hydroxylation is 1. The van der Waals surface area contributed by atoms with E-state index in [1.807, 2.05) is 13.0 Å². The number of benzene rings is 1. The van der Waals surface area contributed by atoms with Crippen molar-refractivity contribution in [3.8, 4) is 0 Å². The monoisotopic (exact) mass is 473 g/mol. The fourth-order valence-corrected chi connectivity index (χ4v) is 3.13. The van der Waals surface area contributed by atoms with Gasteiger partial charge in [0.2, 0.25) is 0 Å². The minimum absolute atomic E-state index is 0. The van der Waals surface area contributed by atoms with Crippen LogP contribution in [0.2, 0.25) is 0 Å². The lowest BCUT2D eigenvalue weighted by atomic mass is 9.97. The van der Waals surface area contributed by atoms with Crippen molar-refractivity contribution in [3.63, 3.8) is 0 Å². The molecular formula is C20H32IN3O2. The van der Waals surface area contributed by atoms with Crippen molar-refractivity contribution in [2.24, 2.45) is 10.9 Å². The molecule has 0 unspecified atom stereocenters. The van der Waals surface area contributed by atoms with Crippen LogP contribution in [-0.4, -0.2) is 49.6 Å². The molecule has 1 aromatic carbocycles. The predicted octanol–water partition coefficient (Wildman–Crippen LogP) is 3.48. The molecule has 1 aromatic rings. The van der Waals surface area contributed by atoms with Crippen molar-refractivity contribution in [2.75, 3.05) is 32.8 Å². The van der Waals surface area contributed by atoms with Crippen molar-refractivity contribution in [3.05, 3.63) is 35.9 Å². The molecule has 6 heteroatoms. The second-order valence-electron chi connectivity index (χ2n) is 6.34. The Balaban J connectivity index is 0.00000338. The Morgan fingerprint density at radius 3 is 2.54 bits per heavy atom. The average Bonchev–Trinajstić information content (AvgIpc) is 2.65. The van der Waals surface area contributed by atoms with E-state index >= 15 is 0 Å². The molecule has 1 aliphatic rings. The van der Waals surface area contributed by atoms with Crippen LogP contribution in [0.25, 0.3) is 0 Å². The van der Waals surface area contributed by atoms with Crippen LogP contribution in [0.1, 0.15) is 38.7 Å². The lowest BCUT2D eigenvalue weighted by molar-refractivity contribution is -0.149. The average molecular weight is 473 g/mol. The van der Waals surface area contributed by atoms with E-state index in [1.165, 1.54) is 5.56 Å². The quantitative estimate of drug-likeness (QED) is 0.217. The van der Waals surface area contributed by atoms with E-state index in [-0.39, 0.29) is 35.9 Å². The number of hydrogen-bond donors (Lipinski definition) is 1. The molecular weight excluding hydrogens is 441 g/mol. The number of esters is 1. The Morgan fingerprint density at radius 1 is 1.23 bits per heavy atom. The number of carbonyl (C=O) groups excluding carboxylic acids is 1. The molecule has 0 saturated carbocycles. The molecule has 146 valence electrons. The SMILES string of the molecule is CCNC(=NCCCc1ccccc1)N1CCC(C(=O)OCC)CC1.I. The summed E-state index contributed by atoms with van der Waals surface area (Å²) in [6, 6.07) is 10.5. The van der Waals surface area contributed by atoms with E-state index in [0.717, 1.165) is 57.8 Å². The Morgan fingerprint density at radius 2 is 1.92 bits per heavy atom. The van der Waals surface area contributed by atoms with Gasteiger partial charge in [0.15, 0.2) is 5.96 Å². The number of ether oxygens (including phenoxy) is 1. The number of halogens is 1. The molecule has 0 amide bonds. The number of carbonyl (C=O) groups is 1. The highest BCUT2D eigenvalue weighted by molar-refractivity contribution is 14.0. The van der Waals surface area contributed by atoms with Crippen molar-refractivity contribution in [2.45, 2.75) is 39.5 Å². The van der Waals surface area contributed by atoms with Gasteiger partial charge in [-0.3, -0.25) is 9.79 Å². The van der Waals surface area contributed by atoms with Crippen molar-refractivity contribution < 1.29 is 9.53 Å². The molecule has 5 nitrogen and oxygen atoms in total. The van der Waals surface area contributed by atoms with Gasteiger partial charge < -0.3 is 15.0 Å². The number of aliphatic imine (C=N–C) groups is 1. The van der Waals surface area contributed by atoms with Gasteiger partial charge in [0, 0.05) is 26.2 Å². The summed E-state index contributed by atoms with van der Waals surface area (Å²) in [5, 5.41) is 3.38. The summed E-state index contributed by atoms with van der Waals surface area (Å²) in [5.41, 5.74) is 1.36. The maximum atomic E-state index is 11.9. The first-order valence-corrected chi connectivity index (χ1v) is 9.48. The van der Waals surface area contributed by atoms with Gasteiger partial charge in [-0.25, -0.2) is 0 Å². The molecule has 0 aliphatic carbocycles. The molecule has 2 rings (SSSR count). The van der Waals surface area contributed by atoms with Crippen LogP contribution < -0.4 is 5.32 Å². The fourth-order valence-electron chi connectivity index (χ4n) is 3.13. The Bertz CT molecular complexity index is 543. The maximum Gasteiger partial charge on any atom is 0.309 e. The van der Waals surface area contributed by atoms with E-state index < -0.39 is 0 Å². The van der Waals surface area contributed by atoms with Crippen LogP contribution in [0.4, 0.5) is 0 Å². The number of hydrogen-bond acceptors (Lipinski definition) is 3. The molecule has 1 heterocycles. The highest BCUT2D eigenvalue weighted by Crippen LogP contribution is 2.18. The molecule has 0 bridgehead atoms. The number of likely N-dealkylation sites (tertiary alicyclic amines) is 1. The van der Waals surface area contributed by atoms with Crippen LogP contribution in [0.3, 0.4) is 0 Å². The third-order valence-corrected chi connectivity index (χ3v) is 4.48. The van der Waals surface area contributed by atoms with Gasteiger partial charge in [-0.15, -0.1) is 24.0 Å². The van der Waals surface area contributed by atoms with Gasteiger partial charge in [0.1, 0.15) is 0 Å². The number of nitrogens with one attached hydrogen (secondary N) is 1. The summed E-state index contributed by atoms with van der Waals surface area (Å²) in [7, 11) is 0. The van der Waals surface area contributed by atoms with Gasteiger partial charge in [-0.1, -0.05) is 30.3 Å². The first kappa shape index (κ1) is 22.7. The van der Waals surface area contributed by atoms with Crippen LogP contribution in [0.15, 0.2) is 35.3 Å². The van der Waals surface area contributed by atoms with Gasteiger partial charge >= 0.3 is 5.97 Å². The van der Waals surface area contributed by atoms with Crippen molar-refractivity contribution >= 4 is 35.9 Å². The standard InChI is InChI=1S/C20H31N3O2.HI/c1-3-21-20(22-14-8-11-17-9-6-5-7-10-17)23-15-12-18(13-16-23)19(24)25-4-2;/h5-7,9-10,18H,3-4,8,11-16H2,1-2H3,(H,21,22);1H. The normalized spacial score (nSPS) is 15.3. The van der Waals surface area contributed by atoms with E-state index in [4.69, 9.17) is 9.73 Å². The Labute approximate surface area is 174 Å².